The fourth-order valence-electron chi connectivity index (χ4n) is 3.60. The molecule has 2 amide bonds. The number of carbonyl (C=O) groups is 2. The molecule has 1 saturated heterocycles. The van der Waals surface area contributed by atoms with Gasteiger partial charge >= 0.3 is 0 Å². The van der Waals surface area contributed by atoms with Crippen molar-refractivity contribution in [1.29, 1.82) is 0 Å². The number of rotatable bonds is 8. The highest BCUT2D eigenvalue weighted by Gasteiger charge is 2.35. The van der Waals surface area contributed by atoms with Crippen LogP contribution >= 0.6 is 23.4 Å². The SMILES string of the molecule is CCOc1ccc(NC(=O)C2CC(=O)N(CCc3ccccc3)C(=Nc3ccc(Cl)cc3)S2)cc1. The van der Waals surface area contributed by atoms with E-state index in [1.54, 1.807) is 53.4 Å². The molecule has 1 heterocycles. The van der Waals surface area contributed by atoms with Crippen LogP contribution in [0, 0.1) is 0 Å². The van der Waals surface area contributed by atoms with Gasteiger partial charge in [0.1, 0.15) is 11.0 Å². The molecule has 35 heavy (non-hydrogen) atoms. The minimum absolute atomic E-state index is 0.0992. The first-order chi connectivity index (χ1) is 17.0. The Hall–Kier alpha value is -3.29. The minimum atomic E-state index is -0.590. The maximum atomic E-state index is 13.2. The second kappa shape index (κ2) is 11.9. The highest BCUT2D eigenvalue weighted by Crippen LogP contribution is 2.30. The molecular weight excluding hydrogens is 482 g/mol. The van der Waals surface area contributed by atoms with Crippen LogP contribution in [-0.2, 0) is 16.0 Å². The monoisotopic (exact) mass is 507 g/mol. The van der Waals surface area contributed by atoms with Crippen molar-refractivity contribution in [3.05, 3.63) is 89.4 Å². The number of halogens is 1. The number of nitrogens with one attached hydrogen (secondary N) is 1. The number of ether oxygens (including phenoxy) is 1. The molecule has 180 valence electrons. The maximum Gasteiger partial charge on any atom is 0.238 e. The van der Waals surface area contributed by atoms with Crippen molar-refractivity contribution in [2.24, 2.45) is 4.99 Å². The van der Waals surface area contributed by atoms with E-state index in [2.05, 4.69) is 5.32 Å². The Bertz CT molecular complexity index is 1180. The van der Waals surface area contributed by atoms with Crippen LogP contribution in [0.2, 0.25) is 5.02 Å². The molecule has 1 atom stereocenters. The van der Waals surface area contributed by atoms with Crippen LogP contribution in [0.5, 0.6) is 5.75 Å². The molecule has 1 N–H and O–H groups in total. The fraction of sp³-hybridized carbons (Fsp3) is 0.222. The number of hydrogen-bond donors (Lipinski definition) is 1. The summed E-state index contributed by atoms with van der Waals surface area (Å²) in [6.45, 7) is 2.97. The topological polar surface area (TPSA) is 71.0 Å². The number of nitrogens with zero attached hydrogens (tertiary/aromatic N) is 2. The third-order valence-corrected chi connectivity index (χ3v) is 6.82. The number of aliphatic imine (C=N–C) groups is 1. The Morgan fingerprint density at radius 2 is 1.80 bits per heavy atom. The molecule has 0 radical (unpaired) electrons. The molecule has 8 heteroatoms. The molecule has 1 aliphatic heterocycles. The van der Waals surface area contributed by atoms with E-state index in [4.69, 9.17) is 21.3 Å². The van der Waals surface area contributed by atoms with Gasteiger partial charge in [-0.1, -0.05) is 53.7 Å². The number of amides is 2. The number of hydrogen-bond acceptors (Lipinski definition) is 5. The molecule has 0 bridgehead atoms. The highest BCUT2D eigenvalue weighted by atomic mass is 35.5. The third kappa shape index (κ3) is 6.87. The lowest BCUT2D eigenvalue weighted by atomic mass is 10.1. The normalized spacial score (nSPS) is 16.9. The fourth-order valence-corrected chi connectivity index (χ4v) is 4.85. The van der Waals surface area contributed by atoms with Gasteiger partial charge in [-0.25, -0.2) is 4.99 Å². The Morgan fingerprint density at radius 1 is 1.09 bits per heavy atom. The molecule has 0 saturated carbocycles. The van der Waals surface area contributed by atoms with Gasteiger partial charge in [-0.2, -0.15) is 0 Å². The van der Waals surface area contributed by atoms with Gasteiger partial charge in [-0.3, -0.25) is 14.5 Å². The highest BCUT2D eigenvalue weighted by molar-refractivity contribution is 8.15. The summed E-state index contributed by atoms with van der Waals surface area (Å²) in [7, 11) is 0. The van der Waals surface area contributed by atoms with Crippen LogP contribution < -0.4 is 10.1 Å². The molecule has 0 aromatic heterocycles. The second-order valence-electron chi connectivity index (χ2n) is 7.91. The number of anilines is 1. The van der Waals surface area contributed by atoms with Crippen LogP contribution in [0.25, 0.3) is 0 Å². The van der Waals surface area contributed by atoms with E-state index in [-0.39, 0.29) is 18.2 Å². The Morgan fingerprint density at radius 3 is 2.49 bits per heavy atom. The quantitative estimate of drug-likeness (QED) is 0.409. The minimum Gasteiger partial charge on any atom is -0.494 e. The maximum absolute atomic E-state index is 13.2. The Labute approximate surface area is 214 Å². The summed E-state index contributed by atoms with van der Waals surface area (Å²) < 4.78 is 5.45. The second-order valence-corrected chi connectivity index (χ2v) is 9.52. The van der Waals surface area contributed by atoms with E-state index >= 15 is 0 Å². The predicted molar refractivity (Wildman–Crippen MR) is 143 cm³/mol. The lowest BCUT2D eigenvalue weighted by Gasteiger charge is -2.32. The number of carbonyl (C=O) groups excluding carboxylic acids is 2. The predicted octanol–water partition coefficient (Wildman–Crippen LogP) is 5.94. The van der Waals surface area contributed by atoms with Crippen LogP contribution in [0.15, 0.2) is 83.9 Å². The van der Waals surface area contributed by atoms with Gasteiger partial charge in [0, 0.05) is 23.7 Å². The Balaban J connectivity index is 1.51. The van der Waals surface area contributed by atoms with Gasteiger partial charge in [0.15, 0.2) is 5.17 Å². The molecule has 3 aromatic rings. The number of thioether (sulfide) groups is 1. The van der Waals surface area contributed by atoms with Gasteiger partial charge < -0.3 is 10.1 Å². The summed E-state index contributed by atoms with van der Waals surface area (Å²) >= 11 is 7.32. The van der Waals surface area contributed by atoms with Crippen LogP contribution in [0.1, 0.15) is 18.9 Å². The molecule has 1 unspecified atom stereocenters. The summed E-state index contributed by atoms with van der Waals surface area (Å²) in [5.74, 6) is 0.373. The van der Waals surface area contributed by atoms with Crippen LogP contribution in [0.4, 0.5) is 11.4 Å². The van der Waals surface area contributed by atoms with E-state index in [1.807, 2.05) is 37.3 Å². The molecule has 0 spiro atoms. The first-order valence-corrected chi connectivity index (χ1v) is 12.7. The van der Waals surface area contributed by atoms with E-state index in [0.29, 0.717) is 41.1 Å². The van der Waals surface area contributed by atoms with Crippen molar-refractivity contribution in [2.75, 3.05) is 18.5 Å². The first kappa shape index (κ1) is 24.8. The first-order valence-electron chi connectivity index (χ1n) is 11.4. The van der Waals surface area contributed by atoms with E-state index in [9.17, 15) is 9.59 Å². The summed E-state index contributed by atoms with van der Waals surface area (Å²) in [5, 5.41) is 3.43. The van der Waals surface area contributed by atoms with Gasteiger partial charge in [0.2, 0.25) is 11.8 Å². The summed E-state index contributed by atoms with van der Waals surface area (Å²) in [4.78, 5) is 32.6. The lowest BCUT2D eigenvalue weighted by molar-refractivity contribution is -0.129. The van der Waals surface area contributed by atoms with Crippen LogP contribution in [0.3, 0.4) is 0 Å². The smallest absolute Gasteiger partial charge is 0.238 e. The van der Waals surface area contributed by atoms with Gasteiger partial charge in [0.25, 0.3) is 0 Å². The van der Waals surface area contributed by atoms with E-state index in [1.165, 1.54) is 11.8 Å². The van der Waals surface area contributed by atoms with E-state index < -0.39 is 5.25 Å². The average Bonchev–Trinajstić information content (AvgIpc) is 2.87. The molecule has 6 nitrogen and oxygen atoms in total. The van der Waals surface area contributed by atoms with E-state index in [0.717, 1.165) is 11.3 Å². The molecule has 1 aliphatic rings. The van der Waals surface area contributed by atoms with Gasteiger partial charge in [-0.05, 0) is 67.4 Å². The number of amidine groups is 1. The lowest BCUT2D eigenvalue weighted by Crippen LogP contribution is -2.46. The zero-order valence-electron chi connectivity index (χ0n) is 19.3. The van der Waals surface area contributed by atoms with Gasteiger partial charge in [-0.15, -0.1) is 0 Å². The van der Waals surface area contributed by atoms with Crippen molar-refractivity contribution in [3.63, 3.8) is 0 Å². The zero-order chi connectivity index (χ0) is 24.6. The largest absolute Gasteiger partial charge is 0.494 e. The van der Waals surface area contributed by atoms with Crippen LogP contribution in [-0.4, -0.2) is 40.3 Å². The van der Waals surface area contributed by atoms with Crippen molar-refractivity contribution < 1.29 is 14.3 Å². The van der Waals surface area contributed by atoms with Crippen molar-refractivity contribution in [2.45, 2.75) is 25.0 Å². The zero-order valence-corrected chi connectivity index (χ0v) is 20.9. The molecule has 0 aliphatic carbocycles. The molecule has 4 rings (SSSR count). The third-order valence-electron chi connectivity index (χ3n) is 5.38. The summed E-state index contributed by atoms with van der Waals surface area (Å²) in [6, 6.07) is 24.2. The van der Waals surface area contributed by atoms with Gasteiger partial charge in [0.05, 0.1) is 12.3 Å². The number of benzene rings is 3. The molecule has 3 aromatic carbocycles. The van der Waals surface area contributed by atoms with Crippen molar-refractivity contribution in [3.8, 4) is 5.75 Å². The average molecular weight is 508 g/mol. The molecular formula is C27H26ClN3O3S. The Kier molecular flexibility index (Phi) is 8.45. The van der Waals surface area contributed by atoms with Crippen molar-refractivity contribution >= 4 is 51.7 Å². The summed E-state index contributed by atoms with van der Waals surface area (Å²) in [5.41, 5.74) is 2.45. The van der Waals surface area contributed by atoms with Crippen molar-refractivity contribution in [1.82, 2.24) is 4.90 Å². The standard InChI is InChI=1S/C27H26ClN3O3S/c1-2-34-23-14-12-21(13-15-23)29-26(33)24-18-25(32)31(17-16-19-6-4-3-5-7-19)27(35-24)30-22-10-8-20(28)9-11-22/h3-15,24H,2,16-18H2,1H3,(H,29,33). The molecule has 1 fully saturated rings. The summed E-state index contributed by atoms with van der Waals surface area (Å²) in [6.07, 6.45) is 0.789.